The van der Waals surface area contributed by atoms with E-state index in [1.807, 2.05) is 0 Å². The number of rotatable bonds is 10. The van der Waals surface area contributed by atoms with E-state index < -0.39 is 140 Å². The summed E-state index contributed by atoms with van der Waals surface area (Å²) in [7, 11) is 0. The van der Waals surface area contributed by atoms with Crippen molar-refractivity contribution in [1.82, 2.24) is 0 Å². The van der Waals surface area contributed by atoms with Crippen LogP contribution >= 0.6 is 0 Å². The van der Waals surface area contributed by atoms with Crippen LogP contribution in [0.3, 0.4) is 0 Å². The highest BCUT2D eigenvalue weighted by atomic mass is 16.8. The van der Waals surface area contributed by atoms with Crippen molar-refractivity contribution in [3.05, 3.63) is 11.6 Å². The molecule has 22 unspecified atom stereocenters. The van der Waals surface area contributed by atoms with E-state index in [0.717, 1.165) is 46.0 Å². The summed E-state index contributed by atoms with van der Waals surface area (Å²) in [4.78, 5) is 53.1. The van der Waals surface area contributed by atoms with Crippen LogP contribution in [0, 0.1) is 50.2 Å². The van der Waals surface area contributed by atoms with Crippen LogP contribution < -0.4 is 0 Å². The maximum atomic E-state index is 14.7. The number of aliphatic hydroxyl groups is 7. The largest absolute Gasteiger partial charge is 0.479 e. The van der Waals surface area contributed by atoms with E-state index in [2.05, 4.69) is 54.5 Å². The standard InChI is InChI=1S/C51H78O20/c1-23(53)65-38-37(69-42-35(59)32(56)27(55)22-64-42)39(41(61)62)70-44(40(38)66-24(2)54)68-31-13-14-48(7)29(47(31,5)6)12-15-50(9)30(48)11-10-25-26-20-46(3,4)16-18-51(26,19-17-49(25,50)8)45(63)71-43-36(60)34(58)33(57)28(21-52)67-43/h10,26-40,42-44,52,55-60H,11-22H2,1-9H3,(H,61,62). The first kappa shape index (κ1) is 54.4. The second-order valence-corrected chi connectivity index (χ2v) is 24.2. The van der Waals surface area contributed by atoms with Gasteiger partial charge in [0.25, 0.3) is 0 Å². The minimum atomic E-state index is -1.91. The van der Waals surface area contributed by atoms with Gasteiger partial charge in [0, 0.05) is 13.8 Å². The SMILES string of the molecule is CC(=O)OC1C(OC2CCC3(C)C(CCC4(C)C3CC=C3C5CC(C)(C)CCC5(C(=O)OC5OC(CO)C(O)C(O)C5O)CCC34C)C2(C)C)OC(C(=O)O)C(OC2OCC(O)C(O)C2O)C1OC(C)=O. The smallest absolute Gasteiger partial charge is 0.335 e. The number of ether oxygens (including phenoxy) is 8. The fraction of sp³-hybridized carbons (Fsp3) is 0.882. The van der Waals surface area contributed by atoms with E-state index in [4.69, 9.17) is 37.9 Å². The Bertz CT molecular complexity index is 2060. The van der Waals surface area contributed by atoms with Crippen LogP contribution in [0.4, 0.5) is 0 Å². The predicted octanol–water partition coefficient (Wildman–Crippen LogP) is 2.01. The van der Waals surface area contributed by atoms with Crippen LogP contribution in [0.15, 0.2) is 11.6 Å². The lowest BCUT2D eigenvalue weighted by Crippen LogP contribution is -2.67. The Kier molecular flexibility index (Phi) is 14.8. The quantitative estimate of drug-likeness (QED) is 0.0672. The molecule has 7 fully saturated rings. The second kappa shape index (κ2) is 19.4. The highest BCUT2D eigenvalue weighted by Crippen LogP contribution is 2.76. The minimum Gasteiger partial charge on any atom is -0.479 e. The highest BCUT2D eigenvalue weighted by molar-refractivity contribution is 5.79. The third-order valence-corrected chi connectivity index (χ3v) is 19.4. The van der Waals surface area contributed by atoms with Gasteiger partial charge in [0.2, 0.25) is 6.29 Å². The van der Waals surface area contributed by atoms with Crippen molar-refractivity contribution in [3.8, 4) is 0 Å². The first-order valence-corrected chi connectivity index (χ1v) is 25.5. The molecule has 0 amide bonds. The molecule has 20 heteroatoms. The molecule has 3 aliphatic heterocycles. The third kappa shape index (κ3) is 9.08. The van der Waals surface area contributed by atoms with Crippen LogP contribution in [0.2, 0.25) is 0 Å². The number of carbonyl (C=O) groups is 4. The number of aliphatic carboxylic acids is 1. The third-order valence-electron chi connectivity index (χ3n) is 19.4. The molecule has 8 N–H and O–H groups in total. The van der Waals surface area contributed by atoms with E-state index in [1.165, 1.54) is 5.57 Å². The molecule has 0 spiro atoms. The van der Waals surface area contributed by atoms with Crippen molar-refractivity contribution < 1.29 is 97.9 Å². The Labute approximate surface area is 414 Å². The number of aliphatic hydroxyl groups excluding tert-OH is 7. The zero-order valence-electron chi connectivity index (χ0n) is 42.4. The molecule has 8 aliphatic rings. The molecule has 0 aromatic rings. The van der Waals surface area contributed by atoms with Crippen molar-refractivity contribution in [2.75, 3.05) is 13.2 Å². The molecule has 0 bridgehead atoms. The average Bonchev–Trinajstić information content (AvgIpc) is 3.28. The van der Waals surface area contributed by atoms with Crippen LogP contribution in [0.5, 0.6) is 0 Å². The van der Waals surface area contributed by atoms with Gasteiger partial charge in [0.05, 0.1) is 24.7 Å². The number of carbonyl (C=O) groups excluding carboxylic acids is 3. The fourth-order valence-electron chi connectivity index (χ4n) is 15.3. The van der Waals surface area contributed by atoms with Crippen LogP contribution in [-0.4, -0.2) is 170 Å². The minimum absolute atomic E-state index is 0.0771. The van der Waals surface area contributed by atoms with Gasteiger partial charge in [0.15, 0.2) is 30.9 Å². The number of fused-ring (bicyclic) bond motifs is 7. The highest BCUT2D eigenvalue weighted by Gasteiger charge is 2.70. The lowest BCUT2D eigenvalue weighted by molar-refractivity contribution is -0.355. The van der Waals surface area contributed by atoms with Gasteiger partial charge >= 0.3 is 23.9 Å². The summed E-state index contributed by atoms with van der Waals surface area (Å²) in [5.74, 6) is -3.64. The van der Waals surface area contributed by atoms with Crippen molar-refractivity contribution in [3.63, 3.8) is 0 Å². The number of carboxylic acid groups (broad SMARTS) is 1. The Hall–Kier alpha value is -2.86. The Balaban J connectivity index is 1.06. The summed E-state index contributed by atoms with van der Waals surface area (Å²) in [6, 6.07) is 0. The number of carboxylic acids is 1. The monoisotopic (exact) mass is 1010 g/mol. The van der Waals surface area contributed by atoms with Crippen molar-refractivity contribution in [1.29, 1.82) is 0 Å². The zero-order valence-corrected chi connectivity index (χ0v) is 42.4. The number of hydrogen-bond donors (Lipinski definition) is 8. The second-order valence-electron chi connectivity index (χ2n) is 24.2. The molecule has 20 nitrogen and oxygen atoms in total. The van der Waals surface area contributed by atoms with Gasteiger partial charge in [-0.2, -0.15) is 0 Å². The zero-order chi connectivity index (χ0) is 52.1. The first-order valence-electron chi connectivity index (χ1n) is 25.5. The lowest BCUT2D eigenvalue weighted by atomic mass is 9.33. The Morgan fingerprint density at radius 2 is 1.32 bits per heavy atom. The fourth-order valence-corrected chi connectivity index (χ4v) is 15.3. The van der Waals surface area contributed by atoms with E-state index in [1.54, 1.807) is 0 Å². The topological polar surface area (TPSA) is 304 Å². The molecule has 402 valence electrons. The molecule has 0 radical (unpaired) electrons. The van der Waals surface area contributed by atoms with Gasteiger partial charge in [-0.3, -0.25) is 14.4 Å². The number of allylic oxidation sites excluding steroid dienone is 2. The summed E-state index contributed by atoms with van der Waals surface area (Å²) in [5, 5.41) is 83.3. The number of esters is 3. The van der Waals surface area contributed by atoms with Crippen LogP contribution in [0.25, 0.3) is 0 Å². The van der Waals surface area contributed by atoms with Gasteiger partial charge in [-0.1, -0.05) is 60.1 Å². The van der Waals surface area contributed by atoms with E-state index in [0.29, 0.717) is 32.1 Å². The molecule has 0 aromatic carbocycles. The van der Waals surface area contributed by atoms with Crippen molar-refractivity contribution in [2.45, 2.75) is 219 Å². The molecule has 8 rings (SSSR count). The van der Waals surface area contributed by atoms with Gasteiger partial charge in [0.1, 0.15) is 48.8 Å². The van der Waals surface area contributed by atoms with Gasteiger partial charge in [-0.05, 0) is 109 Å². The van der Waals surface area contributed by atoms with Gasteiger partial charge in [-0.15, -0.1) is 0 Å². The average molecular weight is 1010 g/mol. The van der Waals surface area contributed by atoms with Crippen LogP contribution in [0.1, 0.15) is 127 Å². The summed E-state index contributed by atoms with van der Waals surface area (Å²) in [6.45, 7) is 16.9. The van der Waals surface area contributed by atoms with Gasteiger partial charge in [-0.25, -0.2) is 4.79 Å². The van der Waals surface area contributed by atoms with E-state index in [-0.39, 0.29) is 39.4 Å². The molecular formula is C51H78O20. The van der Waals surface area contributed by atoms with Crippen LogP contribution in [-0.2, 0) is 57.1 Å². The summed E-state index contributed by atoms with van der Waals surface area (Å²) in [6.07, 6.45) is -14.1. The molecule has 3 heterocycles. The molecule has 3 saturated heterocycles. The molecule has 5 aliphatic carbocycles. The lowest BCUT2D eigenvalue weighted by Gasteiger charge is -2.71. The summed E-state index contributed by atoms with van der Waals surface area (Å²) in [5.41, 5.74) is -1.09. The maximum Gasteiger partial charge on any atom is 0.335 e. The normalized spacial score (nSPS) is 49.0. The summed E-state index contributed by atoms with van der Waals surface area (Å²) < 4.78 is 47.3. The Morgan fingerprint density at radius 3 is 1.97 bits per heavy atom. The first-order chi connectivity index (χ1) is 33.1. The predicted molar refractivity (Wildman–Crippen MR) is 244 cm³/mol. The molecular weight excluding hydrogens is 933 g/mol. The van der Waals surface area contributed by atoms with Crippen molar-refractivity contribution >= 4 is 23.9 Å². The molecule has 0 aromatic heterocycles. The Morgan fingerprint density at radius 1 is 0.676 bits per heavy atom. The number of hydrogen-bond acceptors (Lipinski definition) is 19. The molecule has 71 heavy (non-hydrogen) atoms. The van der Waals surface area contributed by atoms with E-state index >= 15 is 0 Å². The molecule has 4 saturated carbocycles. The van der Waals surface area contributed by atoms with Crippen molar-refractivity contribution in [2.24, 2.45) is 50.2 Å². The summed E-state index contributed by atoms with van der Waals surface area (Å²) >= 11 is 0. The van der Waals surface area contributed by atoms with E-state index in [9.17, 15) is 60.0 Å². The molecule has 22 atom stereocenters. The maximum absolute atomic E-state index is 14.7. The van der Waals surface area contributed by atoms with Gasteiger partial charge < -0.3 is 78.7 Å².